The van der Waals surface area contributed by atoms with Gasteiger partial charge in [0.05, 0.1) is 17.1 Å². The highest BCUT2D eigenvalue weighted by atomic mass is 35.5. The van der Waals surface area contributed by atoms with Gasteiger partial charge in [-0.25, -0.2) is 4.98 Å². The lowest BCUT2D eigenvalue weighted by Gasteiger charge is -2.19. The second-order valence-corrected chi connectivity index (χ2v) is 7.40. The summed E-state index contributed by atoms with van der Waals surface area (Å²) in [5, 5.41) is 8.69. The number of aromatic nitrogens is 3. The van der Waals surface area contributed by atoms with Crippen molar-refractivity contribution in [3.8, 4) is 22.9 Å². The van der Waals surface area contributed by atoms with E-state index in [0.29, 0.717) is 40.6 Å². The third kappa shape index (κ3) is 4.51. The van der Waals surface area contributed by atoms with E-state index in [2.05, 4.69) is 15.2 Å². The van der Waals surface area contributed by atoms with Gasteiger partial charge < -0.3 is 13.7 Å². The summed E-state index contributed by atoms with van der Waals surface area (Å²) in [6, 6.07) is 16.7. The van der Waals surface area contributed by atoms with Crippen LogP contribution in [0.15, 0.2) is 63.4 Å². The summed E-state index contributed by atoms with van der Waals surface area (Å²) < 4.78 is 11.5. The van der Waals surface area contributed by atoms with E-state index in [4.69, 9.17) is 20.4 Å². The molecule has 4 rings (SSSR count). The van der Waals surface area contributed by atoms with Crippen molar-refractivity contribution in [1.82, 2.24) is 20.1 Å². The van der Waals surface area contributed by atoms with E-state index in [1.54, 1.807) is 24.0 Å². The van der Waals surface area contributed by atoms with Gasteiger partial charge >= 0.3 is 0 Å². The zero-order valence-corrected chi connectivity index (χ0v) is 18.0. The quantitative estimate of drug-likeness (QED) is 0.385. The van der Waals surface area contributed by atoms with Crippen LogP contribution in [0.5, 0.6) is 0 Å². The average molecular weight is 437 g/mol. The molecule has 0 spiro atoms. The molecule has 2 aromatic heterocycles. The zero-order valence-electron chi connectivity index (χ0n) is 17.2. The predicted octanol–water partition coefficient (Wildman–Crippen LogP) is 5.41. The van der Waals surface area contributed by atoms with Crippen molar-refractivity contribution in [2.75, 3.05) is 6.54 Å². The van der Waals surface area contributed by atoms with E-state index >= 15 is 0 Å². The lowest BCUT2D eigenvalue weighted by Crippen LogP contribution is -2.32. The summed E-state index contributed by atoms with van der Waals surface area (Å²) in [6.07, 6.45) is 0.764. The van der Waals surface area contributed by atoms with Crippen molar-refractivity contribution >= 4 is 17.5 Å². The molecule has 0 aliphatic carbocycles. The van der Waals surface area contributed by atoms with Crippen LogP contribution in [0.1, 0.15) is 35.5 Å². The van der Waals surface area contributed by atoms with Gasteiger partial charge in [0.15, 0.2) is 5.69 Å². The summed E-state index contributed by atoms with van der Waals surface area (Å²) in [7, 11) is 0. The number of carbonyl (C=O) groups excluding carboxylic acids is 1. The molecule has 7 nitrogen and oxygen atoms in total. The van der Waals surface area contributed by atoms with Crippen molar-refractivity contribution < 1.29 is 13.6 Å². The predicted molar refractivity (Wildman–Crippen MR) is 116 cm³/mol. The molecule has 0 saturated heterocycles. The molecule has 2 heterocycles. The van der Waals surface area contributed by atoms with E-state index < -0.39 is 0 Å². The topological polar surface area (TPSA) is 85.3 Å². The first-order valence-electron chi connectivity index (χ1n) is 9.96. The van der Waals surface area contributed by atoms with Gasteiger partial charge in [0.1, 0.15) is 5.76 Å². The molecule has 0 aliphatic rings. The normalized spacial score (nSPS) is 10.9. The molecule has 0 radical (unpaired) electrons. The van der Waals surface area contributed by atoms with Crippen LogP contribution in [0.3, 0.4) is 0 Å². The highest BCUT2D eigenvalue weighted by Gasteiger charge is 2.25. The molecular formula is C23H21ClN4O3. The monoisotopic (exact) mass is 436 g/mol. The standard InChI is InChI=1S/C23H21ClN4O3/c1-3-13-28(14-19-26-27-22(31-19)17-11-7-8-12-18(17)24)23(29)20-15(2)30-21(25-20)16-9-5-4-6-10-16/h4-12H,3,13-14H2,1-2H3. The fraction of sp³-hybridized carbons (Fsp3) is 0.217. The fourth-order valence-electron chi connectivity index (χ4n) is 3.20. The highest BCUT2D eigenvalue weighted by molar-refractivity contribution is 6.33. The number of hydrogen-bond acceptors (Lipinski definition) is 6. The SMILES string of the molecule is CCCN(Cc1nnc(-c2ccccc2Cl)o1)C(=O)c1nc(-c2ccccc2)oc1C. The van der Waals surface area contributed by atoms with Gasteiger partial charge in [-0.1, -0.05) is 48.9 Å². The van der Waals surface area contributed by atoms with Gasteiger partial charge in [0.25, 0.3) is 5.91 Å². The Morgan fingerprint density at radius 2 is 1.74 bits per heavy atom. The van der Waals surface area contributed by atoms with Crippen LogP contribution in [-0.4, -0.2) is 32.5 Å². The Morgan fingerprint density at radius 3 is 2.48 bits per heavy atom. The van der Waals surface area contributed by atoms with E-state index in [0.717, 1.165) is 12.0 Å². The van der Waals surface area contributed by atoms with Gasteiger partial charge in [-0.2, -0.15) is 0 Å². The van der Waals surface area contributed by atoms with Crippen LogP contribution in [0, 0.1) is 6.92 Å². The Balaban J connectivity index is 1.57. The molecule has 0 unspecified atom stereocenters. The summed E-state index contributed by atoms with van der Waals surface area (Å²) in [5.41, 5.74) is 1.74. The van der Waals surface area contributed by atoms with Crippen molar-refractivity contribution in [3.05, 3.63) is 77.0 Å². The first-order chi connectivity index (χ1) is 15.1. The Morgan fingerprint density at radius 1 is 1.00 bits per heavy atom. The van der Waals surface area contributed by atoms with Crippen LogP contribution in [-0.2, 0) is 6.54 Å². The van der Waals surface area contributed by atoms with Crippen LogP contribution in [0.25, 0.3) is 22.9 Å². The first kappa shape index (κ1) is 20.8. The maximum Gasteiger partial charge on any atom is 0.276 e. The maximum absolute atomic E-state index is 13.2. The molecule has 0 atom stereocenters. The summed E-state index contributed by atoms with van der Waals surface area (Å²) in [4.78, 5) is 19.3. The van der Waals surface area contributed by atoms with E-state index in [-0.39, 0.29) is 18.1 Å². The molecule has 0 N–H and O–H groups in total. The zero-order chi connectivity index (χ0) is 21.8. The average Bonchev–Trinajstić information content (AvgIpc) is 3.40. The molecule has 0 aliphatic heterocycles. The van der Waals surface area contributed by atoms with Gasteiger partial charge in [0.2, 0.25) is 17.7 Å². The molecule has 8 heteroatoms. The van der Waals surface area contributed by atoms with E-state index in [9.17, 15) is 4.79 Å². The third-order valence-electron chi connectivity index (χ3n) is 4.70. The summed E-state index contributed by atoms with van der Waals surface area (Å²) in [6.45, 7) is 4.40. The largest absolute Gasteiger partial charge is 0.441 e. The molecule has 158 valence electrons. The number of benzene rings is 2. The van der Waals surface area contributed by atoms with E-state index in [1.165, 1.54) is 0 Å². The number of oxazole rings is 1. The number of hydrogen-bond donors (Lipinski definition) is 0. The minimum absolute atomic E-state index is 0.164. The maximum atomic E-state index is 13.2. The Labute approximate surface area is 184 Å². The minimum Gasteiger partial charge on any atom is -0.441 e. The summed E-state index contributed by atoms with van der Waals surface area (Å²) in [5.74, 6) is 1.27. The minimum atomic E-state index is -0.247. The summed E-state index contributed by atoms with van der Waals surface area (Å²) >= 11 is 6.21. The molecule has 4 aromatic rings. The molecule has 31 heavy (non-hydrogen) atoms. The Hall–Kier alpha value is -3.45. The number of rotatable bonds is 7. The molecule has 0 fully saturated rings. The fourth-order valence-corrected chi connectivity index (χ4v) is 3.41. The Bertz CT molecular complexity index is 1190. The second-order valence-electron chi connectivity index (χ2n) is 7.00. The van der Waals surface area contributed by atoms with Crippen LogP contribution in [0.2, 0.25) is 5.02 Å². The Kier molecular flexibility index (Phi) is 6.13. The van der Waals surface area contributed by atoms with Crippen molar-refractivity contribution in [3.63, 3.8) is 0 Å². The lowest BCUT2D eigenvalue weighted by molar-refractivity contribution is 0.0721. The lowest BCUT2D eigenvalue weighted by atomic mass is 10.2. The number of carbonyl (C=O) groups is 1. The van der Waals surface area contributed by atoms with Crippen LogP contribution in [0.4, 0.5) is 0 Å². The van der Waals surface area contributed by atoms with Crippen molar-refractivity contribution in [1.29, 1.82) is 0 Å². The molecule has 0 saturated carbocycles. The van der Waals surface area contributed by atoms with Crippen LogP contribution < -0.4 is 0 Å². The highest BCUT2D eigenvalue weighted by Crippen LogP contribution is 2.27. The first-order valence-corrected chi connectivity index (χ1v) is 10.3. The smallest absolute Gasteiger partial charge is 0.276 e. The van der Waals surface area contributed by atoms with Crippen LogP contribution >= 0.6 is 11.6 Å². The van der Waals surface area contributed by atoms with Gasteiger partial charge in [-0.3, -0.25) is 4.79 Å². The second kappa shape index (κ2) is 9.14. The number of amides is 1. The molecule has 1 amide bonds. The van der Waals surface area contributed by atoms with Gasteiger partial charge in [-0.15, -0.1) is 10.2 Å². The van der Waals surface area contributed by atoms with E-state index in [1.807, 2.05) is 49.4 Å². The molecular weight excluding hydrogens is 416 g/mol. The number of halogens is 1. The third-order valence-corrected chi connectivity index (χ3v) is 5.03. The van der Waals surface area contributed by atoms with Gasteiger partial charge in [-0.05, 0) is 37.6 Å². The number of aryl methyl sites for hydroxylation is 1. The molecule has 0 bridgehead atoms. The van der Waals surface area contributed by atoms with Gasteiger partial charge in [0, 0.05) is 12.1 Å². The molecule has 2 aromatic carbocycles. The number of nitrogens with zero attached hydrogens (tertiary/aromatic N) is 4. The van der Waals surface area contributed by atoms with Crippen molar-refractivity contribution in [2.24, 2.45) is 0 Å². The van der Waals surface area contributed by atoms with Crippen molar-refractivity contribution in [2.45, 2.75) is 26.8 Å².